The molecule has 0 aromatic rings. The Labute approximate surface area is 106 Å². The largest absolute Gasteiger partial charge is 0.393 e. The quantitative estimate of drug-likeness (QED) is 0.815. The van der Waals surface area contributed by atoms with Gasteiger partial charge >= 0.3 is 0 Å². The summed E-state index contributed by atoms with van der Waals surface area (Å²) in [5.41, 5.74) is 0.565. The summed E-state index contributed by atoms with van der Waals surface area (Å²) in [4.78, 5) is 2.55. The molecule has 3 atom stereocenters. The Morgan fingerprint density at radius 3 is 2.53 bits per heavy atom. The standard InChI is InChI=1S/C15H29NO/c1-4-12-6-7-13(17)10-14(12)16(3)11-15(2)8-5-9-15/h12-14,17H,4-11H2,1-3H3. The van der Waals surface area contributed by atoms with Crippen LogP contribution < -0.4 is 0 Å². The third-order valence-corrected chi connectivity index (χ3v) is 5.21. The van der Waals surface area contributed by atoms with E-state index in [0.717, 1.165) is 18.8 Å². The highest BCUT2D eigenvalue weighted by Crippen LogP contribution is 2.42. The van der Waals surface area contributed by atoms with Gasteiger partial charge in [0.15, 0.2) is 0 Å². The van der Waals surface area contributed by atoms with Crippen molar-refractivity contribution in [2.75, 3.05) is 13.6 Å². The molecule has 0 aliphatic heterocycles. The molecule has 2 heteroatoms. The van der Waals surface area contributed by atoms with E-state index >= 15 is 0 Å². The van der Waals surface area contributed by atoms with Gasteiger partial charge in [-0.25, -0.2) is 0 Å². The summed E-state index contributed by atoms with van der Waals surface area (Å²) in [5.74, 6) is 0.798. The molecule has 0 aromatic carbocycles. The molecule has 2 rings (SSSR count). The number of hydrogen-bond donors (Lipinski definition) is 1. The van der Waals surface area contributed by atoms with E-state index in [1.165, 1.54) is 38.6 Å². The molecule has 0 aromatic heterocycles. The first-order valence-electron chi connectivity index (χ1n) is 7.42. The fraction of sp³-hybridized carbons (Fsp3) is 1.00. The van der Waals surface area contributed by atoms with Gasteiger partial charge in [0.25, 0.3) is 0 Å². The summed E-state index contributed by atoms with van der Waals surface area (Å²) in [6, 6.07) is 0.612. The lowest BCUT2D eigenvalue weighted by atomic mass is 9.69. The Balaban J connectivity index is 1.92. The fourth-order valence-electron chi connectivity index (χ4n) is 3.86. The first kappa shape index (κ1) is 13.4. The van der Waals surface area contributed by atoms with Gasteiger partial charge in [-0.05, 0) is 50.5 Å². The Bertz CT molecular complexity index is 249. The van der Waals surface area contributed by atoms with Crippen LogP contribution in [0.5, 0.6) is 0 Å². The fourth-order valence-corrected chi connectivity index (χ4v) is 3.86. The highest BCUT2D eigenvalue weighted by Gasteiger charge is 2.37. The van der Waals surface area contributed by atoms with Gasteiger partial charge in [-0.3, -0.25) is 0 Å². The van der Waals surface area contributed by atoms with Crippen LogP contribution in [0.4, 0.5) is 0 Å². The monoisotopic (exact) mass is 239 g/mol. The number of rotatable bonds is 4. The summed E-state index contributed by atoms with van der Waals surface area (Å²) in [6.07, 6.45) is 8.62. The van der Waals surface area contributed by atoms with Crippen molar-refractivity contribution in [1.82, 2.24) is 4.90 Å². The van der Waals surface area contributed by atoms with E-state index in [4.69, 9.17) is 0 Å². The molecule has 2 aliphatic carbocycles. The maximum absolute atomic E-state index is 9.88. The van der Waals surface area contributed by atoms with Gasteiger partial charge in [0.05, 0.1) is 6.10 Å². The van der Waals surface area contributed by atoms with Crippen molar-refractivity contribution >= 4 is 0 Å². The maximum Gasteiger partial charge on any atom is 0.0555 e. The number of nitrogens with zero attached hydrogens (tertiary/aromatic N) is 1. The van der Waals surface area contributed by atoms with Gasteiger partial charge in [-0.1, -0.05) is 26.7 Å². The predicted octanol–water partition coefficient (Wildman–Crippen LogP) is 3.05. The second-order valence-corrected chi connectivity index (χ2v) is 6.78. The van der Waals surface area contributed by atoms with E-state index in [2.05, 4.69) is 25.8 Å². The van der Waals surface area contributed by atoms with Crippen LogP contribution in [0.25, 0.3) is 0 Å². The van der Waals surface area contributed by atoms with Gasteiger partial charge in [0, 0.05) is 12.6 Å². The van der Waals surface area contributed by atoms with Crippen molar-refractivity contribution < 1.29 is 5.11 Å². The highest BCUT2D eigenvalue weighted by molar-refractivity contribution is 4.91. The van der Waals surface area contributed by atoms with E-state index in [-0.39, 0.29) is 6.10 Å². The SMILES string of the molecule is CCC1CCC(O)CC1N(C)CC1(C)CCC1. The van der Waals surface area contributed by atoms with Gasteiger partial charge < -0.3 is 10.0 Å². The Morgan fingerprint density at radius 1 is 1.29 bits per heavy atom. The van der Waals surface area contributed by atoms with Crippen molar-refractivity contribution in [3.8, 4) is 0 Å². The molecule has 3 unspecified atom stereocenters. The highest BCUT2D eigenvalue weighted by atomic mass is 16.3. The zero-order valence-corrected chi connectivity index (χ0v) is 11.8. The Kier molecular flexibility index (Phi) is 4.14. The first-order valence-corrected chi connectivity index (χ1v) is 7.42. The van der Waals surface area contributed by atoms with E-state index in [0.29, 0.717) is 11.5 Å². The van der Waals surface area contributed by atoms with Gasteiger partial charge in [-0.15, -0.1) is 0 Å². The van der Waals surface area contributed by atoms with Crippen molar-refractivity contribution in [3.63, 3.8) is 0 Å². The topological polar surface area (TPSA) is 23.5 Å². The van der Waals surface area contributed by atoms with Crippen LogP contribution in [0.15, 0.2) is 0 Å². The predicted molar refractivity (Wildman–Crippen MR) is 72.0 cm³/mol. The van der Waals surface area contributed by atoms with Gasteiger partial charge in [0.2, 0.25) is 0 Å². The van der Waals surface area contributed by atoms with Crippen LogP contribution in [0.2, 0.25) is 0 Å². The normalized spacial score (nSPS) is 36.9. The lowest BCUT2D eigenvalue weighted by molar-refractivity contribution is 0.00421. The third kappa shape index (κ3) is 3.03. The second-order valence-electron chi connectivity index (χ2n) is 6.78. The van der Waals surface area contributed by atoms with Gasteiger partial charge in [0.1, 0.15) is 0 Å². The number of hydrogen-bond acceptors (Lipinski definition) is 2. The lowest BCUT2D eigenvalue weighted by Crippen LogP contribution is -2.48. The van der Waals surface area contributed by atoms with E-state index in [1.54, 1.807) is 0 Å². The molecule has 100 valence electrons. The van der Waals surface area contributed by atoms with Gasteiger partial charge in [-0.2, -0.15) is 0 Å². The summed E-state index contributed by atoms with van der Waals surface area (Å²) in [6.45, 7) is 5.95. The lowest BCUT2D eigenvalue weighted by Gasteiger charge is -2.46. The molecule has 0 saturated heterocycles. The molecule has 2 nitrogen and oxygen atoms in total. The van der Waals surface area contributed by atoms with Crippen molar-refractivity contribution in [2.24, 2.45) is 11.3 Å². The Hall–Kier alpha value is -0.0800. The molecule has 0 spiro atoms. The summed E-state index contributed by atoms with van der Waals surface area (Å²) in [7, 11) is 2.27. The number of aliphatic hydroxyl groups is 1. The van der Waals surface area contributed by atoms with Crippen molar-refractivity contribution in [1.29, 1.82) is 0 Å². The molecule has 2 saturated carbocycles. The minimum atomic E-state index is -0.0561. The van der Waals surface area contributed by atoms with Crippen LogP contribution in [-0.4, -0.2) is 35.7 Å². The minimum Gasteiger partial charge on any atom is -0.393 e. The smallest absolute Gasteiger partial charge is 0.0555 e. The average molecular weight is 239 g/mol. The Morgan fingerprint density at radius 2 is 2.00 bits per heavy atom. The van der Waals surface area contributed by atoms with E-state index in [1.807, 2.05) is 0 Å². The van der Waals surface area contributed by atoms with Crippen LogP contribution >= 0.6 is 0 Å². The van der Waals surface area contributed by atoms with E-state index < -0.39 is 0 Å². The maximum atomic E-state index is 9.88. The summed E-state index contributed by atoms with van der Waals surface area (Å²) >= 11 is 0. The molecular formula is C15H29NO. The first-order chi connectivity index (χ1) is 8.04. The van der Waals surface area contributed by atoms with Crippen molar-refractivity contribution in [2.45, 2.75) is 70.9 Å². The van der Waals surface area contributed by atoms with Crippen LogP contribution in [0, 0.1) is 11.3 Å². The van der Waals surface area contributed by atoms with Crippen LogP contribution in [0.3, 0.4) is 0 Å². The zero-order valence-electron chi connectivity index (χ0n) is 11.8. The summed E-state index contributed by atoms with van der Waals surface area (Å²) in [5, 5.41) is 9.88. The van der Waals surface area contributed by atoms with E-state index in [9.17, 15) is 5.11 Å². The minimum absolute atomic E-state index is 0.0561. The van der Waals surface area contributed by atoms with Crippen molar-refractivity contribution in [3.05, 3.63) is 0 Å². The molecular weight excluding hydrogens is 210 g/mol. The molecule has 2 aliphatic rings. The van der Waals surface area contributed by atoms with Crippen LogP contribution in [0.1, 0.15) is 58.8 Å². The molecule has 17 heavy (non-hydrogen) atoms. The molecule has 0 radical (unpaired) electrons. The molecule has 0 bridgehead atoms. The molecule has 2 fully saturated rings. The number of aliphatic hydroxyl groups excluding tert-OH is 1. The van der Waals surface area contributed by atoms with Crippen LogP contribution in [-0.2, 0) is 0 Å². The second kappa shape index (κ2) is 5.27. The molecule has 1 N–H and O–H groups in total. The summed E-state index contributed by atoms with van der Waals surface area (Å²) < 4.78 is 0. The molecule has 0 heterocycles. The molecule has 0 amide bonds. The third-order valence-electron chi connectivity index (χ3n) is 5.21. The zero-order chi connectivity index (χ0) is 12.5. The average Bonchev–Trinajstić information content (AvgIpc) is 2.26.